The van der Waals surface area contributed by atoms with E-state index in [1.165, 1.54) is 10.5 Å². The first-order valence-corrected chi connectivity index (χ1v) is 7.75. The molecule has 2 rings (SSSR count). The van der Waals surface area contributed by atoms with Gasteiger partial charge in [0.1, 0.15) is 5.75 Å². The molecular weight excluding hydrogens is 284 g/mol. The highest BCUT2D eigenvalue weighted by molar-refractivity contribution is 7.99. The van der Waals surface area contributed by atoms with Crippen molar-refractivity contribution in [2.24, 2.45) is 0 Å². The third-order valence-electron chi connectivity index (χ3n) is 2.94. The third kappa shape index (κ3) is 5.16. The van der Waals surface area contributed by atoms with Crippen molar-refractivity contribution in [1.29, 1.82) is 0 Å². The molecule has 0 unspecified atom stereocenters. The van der Waals surface area contributed by atoms with E-state index in [0.717, 1.165) is 5.75 Å². The van der Waals surface area contributed by atoms with E-state index in [0.29, 0.717) is 17.9 Å². The molecule has 0 aliphatic heterocycles. The number of carboxylic acids is 1. The maximum atomic E-state index is 10.8. The molecule has 0 saturated heterocycles. The largest absolute Gasteiger partial charge is 0.492 e. The molecule has 0 spiro atoms. The van der Waals surface area contributed by atoms with Crippen molar-refractivity contribution >= 4 is 17.7 Å². The molecule has 0 fully saturated rings. The van der Waals surface area contributed by atoms with Gasteiger partial charge in [0.15, 0.2) is 0 Å². The van der Waals surface area contributed by atoms with Crippen LogP contribution in [0.4, 0.5) is 0 Å². The number of rotatable bonds is 7. The number of ether oxygens (including phenoxy) is 1. The van der Waals surface area contributed by atoms with E-state index in [-0.39, 0.29) is 6.42 Å². The highest BCUT2D eigenvalue weighted by atomic mass is 32.2. The van der Waals surface area contributed by atoms with Gasteiger partial charge in [0.2, 0.25) is 0 Å². The zero-order chi connectivity index (χ0) is 15.1. The Balaban J connectivity index is 1.83. The number of aryl methyl sites for hydroxylation is 1. The van der Waals surface area contributed by atoms with Gasteiger partial charge in [-0.25, -0.2) is 0 Å². The first-order valence-electron chi connectivity index (χ1n) is 6.77. The molecule has 21 heavy (non-hydrogen) atoms. The van der Waals surface area contributed by atoms with Crippen molar-refractivity contribution in [3.8, 4) is 5.75 Å². The smallest absolute Gasteiger partial charge is 0.307 e. The van der Waals surface area contributed by atoms with Gasteiger partial charge in [0, 0.05) is 16.2 Å². The van der Waals surface area contributed by atoms with Crippen LogP contribution in [0.25, 0.3) is 0 Å². The molecule has 0 bridgehead atoms. The van der Waals surface area contributed by atoms with E-state index >= 15 is 0 Å². The first-order chi connectivity index (χ1) is 10.1. The van der Waals surface area contributed by atoms with Gasteiger partial charge in [0.05, 0.1) is 13.0 Å². The number of para-hydroxylation sites is 1. The third-order valence-corrected chi connectivity index (χ3v) is 3.92. The summed E-state index contributed by atoms with van der Waals surface area (Å²) in [5, 5.41) is 8.87. The van der Waals surface area contributed by atoms with Crippen LogP contribution in [0.5, 0.6) is 5.75 Å². The zero-order valence-electron chi connectivity index (χ0n) is 11.9. The SMILES string of the molecule is Cc1ccc(SCCOc2ccccc2CC(=O)O)cc1. The van der Waals surface area contributed by atoms with Crippen LogP contribution in [-0.4, -0.2) is 23.4 Å². The lowest BCUT2D eigenvalue weighted by atomic mass is 10.1. The van der Waals surface area contributed by atoms with Crippen LogP contribution in [0.2, 0.25) is 0 Å². The molecule has 0 radical (unpaired) electrons. The molecule has 3 nitrogen and oxygen atoms in total. The minimum absolute atomic E-state index is 0.0126. The highest BCUT2D eigenvalue weighted by Crippen LogP contribution is 2.21. The van der Waals surface area contributed by atoms with Crippen LogP contribution in [0.15, 0.2) is 53.4 Å². The second kappa shape index (κ2) is 7.74. The van der Waals surface area contributed by atoms with E-state index in [1.54, 1.807) is 17.8 Å². The minimum atomic E-state index is -0.847. The molecular formula is C17H18O3S. The van der Waals surface area contributed by atoms with Gasteiger partial charge in [-0.3, -0.25) is 4.79 Å². The van der Waals surface area contributed by atoms with Gasteiger partial charge in [-0.15, -0.1) is 11.8 Å². The fourth-order valence-corrected chi connectivity index (χ4v) is 2.63. The lowest BCUT2D eigenvalue weighted by Crippen LogP contribution is -2.06. The van der Waals surface area contributed by atoms with Crippen LogP contribution in [0.1, 0.15) is 11.1 Å². The molecule has 4 heteroatoms. The van der Waals surface area contributed by atoms with Crippen LogP contribution < -0.4 is 4.74 Å². The number of hydrogen-bond acceptors (Lipinski definition) is 3. The Bertz CT molecular complexity index is 593. The van der Waals surface area contributed by atoms with E-state index in [9.17, 15) is 4.79 Å². The van der Waals surface area contributed by atoms with Gasteiger partial charge < -0.3 is 9.84 Å². The predicted molar refractivity (Wildman–Crippen MR) is 85.2 cm³/mol. The van der Waals surface area contributed by atoms with Crippen LogP contribution >= 0.6 is 11.8 Å². The number of carboxylic acid groups (broad SMARTS) is 1. The highest BCUT2D eigenvalue weighted by Gasteiger charge is 2.07. The number of thioether (sulfide) groups is 1. The van der Waals surface area contributed by atoms with E-state index in [4.69, 9.17) is 9.84 Å². The summed E-state index contributed by atoms with van der Waals surface area (Å²) in [4.78, 5) is 12.0. The molecule has 0 atom stereocenters. The Labute approximate surface area is 129 Å². The summed E-state index contributed by atoms with van der Waals surface area (Å²) in [6.07, 6.45) is -0.0126. The molecule has 110 valence electrons. The van der Waals surface area contributed by atoms with E-state index in [1.807, 2.05) is 18.2 Å². The normalized spacial score (nSPS) is 10.3. The summed E-state index contributed by atoms with van der Waals surface area (Å²) in [5.74, 6) is 0.634. The maximum Gasteiger partial charge on any atom is 0.307 e. The first kappa shape index (κ1) is 15.4. The molecule has 0 amide bonds. The van der Waals surface area contributed by atoms with Crippen LogP contribution in [-0.2, 0) is 11.2 Å². The van der Waals surface area contributed by atoms with Crippen molar-refractivity contribution in [1.82, 2.24) is 0 Å². The Morgan fingerprint density at radius 2 is 1.86 bits per heavy atom. The van der Waals surface area contributed by atoms with Crippen molar-refractivity contribution in [2.75, 3.05) is 12.4 Å². The molecule has 0 aliphatic rings. The van der Waals surface area contributed by atoms with Gasteiger partial charge in [-0.2, -0.15) is 0 Å². The summed E-state index contributed by atoms with van der Waals surface area (Å²) in [6, 6.07) is 15.7. The van der Waals surface area contributed by atoms with Gasteiger partial charge >= 0.3 is 5.97 Å². The number of carbonyl (C=O) groups is 1. The lowest BCUT2D eigenvalue weighted by Gasteiger charge is -2.10. The Morgan fingerprint density at radius 1 is 1.14 bits per heavy atom. The average Bonchev–Trinajstić information content (AvgIpc) is 2.46. The molecule has 0 aliphatic carbocycles. The van der Waals surface area contributed by atoms with Crippen molar-refractivity contribution in [3.05, 3.63) is 59.7 Å². The molecule has 0 aromatic heterocycles. The molecule has 1 N–H and O–H groups in total. The standard InChI is InChI=1S/C17H18O3S/c1-13-6-8-15(9-7-13)21-11-10-20-16-5-3-2-4-14(16)12-17(18)19/h2-9H,10-12H2,1H3,(H,18,19). The monoisotopic (exact) mass is 302 g/mol. The lowest BCUT2D eigenvalue weighted by molar-refractivity contribution is -0.136. The van der Waals surface area contributed by atoms with Gasteiger partial charge in [0.25, 0.3) is 0 Å². The van der Waals surface area contributed by atoms with Crippen LogP contribution in [0, 0.1) is 6.92 Å². The van der Waals surface area contributed by atoms with Crippen LogP contribution in [0.3, 0.4) is 0 Å². The number of aliphatic carboxylic acids is 1. The van der Waals surface area contributed by atoms with Crippen molar-refractivity contribution in [3.63, 3.8) is 0 Å². The summed E-state index contributed by atoms with van der Waals surface area (Å²) < 4.78 is 5.70. The summed E-state index contributed by atoms with van der Waals surface area (Å²) in [5.41, 5.74) is 1.96. The quantitative estimate of drug-likeness (QED) is 0.624. The fraction of sp³-hybridized carbons (Fsp3) is 0.235. The minimum Gasteiger partial charge on any atom is -0.492 e. The second-order valence-electron chi connectivity index (χ2n) is 4.69. The van der Waals surface area contributed by atoms with Crippen molar-refractivity contribution < 1.29 is 14.6 Å². The Hall–Kier alpha value is -1.94. The molecule has 0 saturated carbocycles. The second-order valence-corrected chi connectivity index (χ2v) is 5.86. The molecule has 2 aromatic rings. The number of hydrogen-bond donors (Lipinski definition) is 1. The maximum absolute atomic E-state index is 10.8. The molecule has 2 aromatic carbocycles. The summed E-state index contributed by atoms with van der Waals surface area (Å²) in [7, 11) is 0. The zero-order valence-corrected chi connectivity index (χ0v) is 12.7. The Kier molecular flexibility index (Phi) is 5.69. The molecule has 0 heterocycles. The van der Waals surface area contributed by atoms with Gasteiger partial charge in [-0.05, 0) is 25.1 Å². The summed E-state index contributed by atoms with van der Waals surface area (Å²) in [6.45, 7) is 2.62. The number of benzene rings is 2. The predicted octanol–water partition coefficient (Wildman–Crippen LogP) is 3.79. The van der Waals surface area contributed by atoms with E-state index < -0.39 is 5.97 Å². The summed E-state index contributed by atoms with van der Waals surface area (Å²) >= 11 is 1.73. The van der Waals surface area contributed by atoms with Gasteiger partial charge in [-0.1, -0.05) is 35.9 Å². The average molecular weight is 302 g/mol. The van der Waals surface area contributed by atoms with E-state index in [2.05, 4.69) is 31.2 Å². The fourth-order valence-electron chi connectivity index (χ4n) is 1.90. The topological polar surface area (TPSA) is 46.5 Å². The van der Waals surface area contributed by atoms with Crippen molar-refractivity contribution in [2.45, 2.75) is 18.2 Å². The Morgan fingerprint density at radius 3 is 2.57 bits per heavy atom.